The summed E-state index contributed by atoms with van der Waals surface area (Å²) in [6.07, 6.45) is 3.79. The Morgan fingerprint density at radius 3 is 2.55 bits per heavy atom. The van der Waals surface area contributed by atoms with E-state index in [4.69, 9.17) is 14.2 Å². The highest BCUT2D eigenvalue weighted by Gasteiger charge is 2.19. The van der Waals surface area contributed by atoms with Crippen molar-refractivity contribution in [2.75, 3.05) is 27.4 Å². The van der Waals surface area contributed by atoms with Gasteiger partial charge in [-0.2, -0.15) is 0 Å². The highest BCUT2D eigenvalue weighted by molar-refractivity contribution is 7.16. The standard InChI is InChI=1S/C21H22N4O5S/c1-13-18(31-20(25-13)19-23-8-4-9-24-19)21(27)30-12-17(26)22-10-7-14-5-6-15(28-2)16(11-14)29-3/h4-6,8-9,11H,7,10,12H2,1-3H3,(H,22,26). The van der Waals surface area contributed by atoms with Crippen LogP contribution in [0.15, 0.2) is 36.7 Å². The third kappa shape index (κ3) is 5.76. The fourth-order valence-corrected chi connectivity index (χ4v) is 3.63. The third-order valence-corrected chi connectivity index (χ3v) is 5.39. The number of aryl methyl sites for hydroxylation is 1. The van der Waals surface area contributed by atoms with Gasteiger partial charge in [-0.1, -0.05) is 6.07 Å². The zero-order valence-electron chi connectivity index (χ0n) is 17.4. The molecular weight excluding hydrogens is 420 g/mol. The zero-order valence-corrected chi connectivity index (χ0v) is 18.2. The molecule has 0 atom stereocenters. The second-order valence-electron chi connectivity index (χ2n) is 6.37. The minimum atomic E-state index is -0.604. The average Bonchev–Trinajstić information content (AvgIpc) is 3.19. The average molecular weight is 442 g/mol. The summed E-state index contributed by atoms with van der Waals surface area (Å²) in [4.78, 5) is 37.3. The summed E-state index contributed by atoms with van der Waals surface area (Å²) in [5.74, 6) is 0.709. The molecule has 0 aliphatic rings. The molecule has 1 aromatic carbocycles. The second-order valence-corrected chi connectivity index (χ2v) is 7.37. The maximum atomic E-state index is 12.3. The molecule has 1 amide bonds. The molecule has 0 saturated carbocycles. The molecule has 0 fully saturated rings. The van der Waals surface area contributed by atoms with Gasteiger partial charge in [0, 0.05) is 18.9 Å². The van der Waals surface area contributed by atoms with Gasteiger partial charge in [-0.25, -0.2) is 19.7 Å². The minimum Gasteiger partial charge on any atom is -0.493 e. The third-order valence-electron chi connectivity index (χ3n) is 4.26. The van der Waals surface area contributed by atoms with Crippen LogP contribution < -0.4 is 14.8 Å². The van der Waals surface area contributed by atoms with Crippen LogP contribution in [0.4, 0.5) is 0 Å². The Labute approximate surface area is 183 Å². The lowest BCUT2D eigenvalue weighted by Crippen LogP contribution is -2.30. The van der Waals surface area contributed by atoms with Crippen molar-refractivity contribution < 1.29 is 23.8 Å². The first-order valence-corrected chi connectivity index (χ1v) is 10.2. The number of hydrogen-bond acceptors (Lipinski definition) is 9. The summed E-state index contributed by atoms with van der Waals surface area (Å²) < 4.78 is 15.6. The first kappa shape index (κ1) is 22.2. The number of aromatic nitrogens is 3. The number of esters is 1. The van der Waals surface area contributed by atoms with E-state index in [2.05, 4.69) is 20.3 Å². The largest absolute Gasteiger partial charge is 0.493 e. The Balaban J connectivity index is 1.48. The number of carbonyl (C=O) groups excluding carboxylic acids is 2. The number of ether oxygens (including phenoxy) is 3. The van der Waals surface area contributed by atoms with Gasteiger partial charge in [-0.3, -0.25) is 4.79 Å². The second kappa shape index (κ2) is 10.5. The van der Waals surface area contributed by atoms with Gasteiger partial charge >= 0.3 is 5.97 Å². The molecule has 3 aromatic rings. The van der Waals surface area contributed by atoms with Crippen LogP contribution in [-0.4, -0.2) is 54.2 Å². The van der Waals surface area contributed by atoms with Crippen LogP contribution in [0.3, 0.4) is 0 Å². The summed E-state index contributed by atoms with van der Waals surface area (Å²) >= 11 is 1.13. The van der Waals surface area contributed by atoms with Crippen molar-refractivity contribution in [1.82, 2.24) is 20.3 Å². The Morgan fingerprint density at radius 2 is 1.84 bits per heavy atom. The van der Waals surface area contributed by atoms with E-state index >= 15 is 0 Å². The van der Waals surface area contributed by atoms with E-state index in [0.29, 0.717) is 45.9 Å². The predicted molar refractivity (Wildman–Crippen MR) is 114 cm³/mol. The van der Waals surface area contributed by atoms with E-state index in [1.807, 2.05) is 18.2 Å². The number of rotatable bonds is 9. The topological polar surface area (TPSA) is 113 Å². The fourth-order valence-electron chi connectivity index (χ4n) is 2.72. The van der Waals surface area contributed by atoms with E-state index in [0.717, 1.165) is 16.9 Å². The number of carbonyl (C=O) groups is 2. The van der Waals surface area contributed by atoms with Crippen molar-refractivity contribution in [2.24, 2.45) is 0 Å². The lowest BCUT2D eigenvalue weighted by Gasteiger charge is -2.10. The van der Waals surface area contributed by atoms with Gasteiger partial charge in [0.2, 0.25) is 0 Å². The molecule has 1 N–H and O–H groups in total. The first-order valence-electron chi connectivity index (χ1n) is 9.41. The number of thiazole rings is 1. The number of nitrogens with one attached hydrogen (secondary N) is 1. The highest BCUT2D eigenvalue weighted by Crippen LogP contribution is 2.28. The van der Waals surface area contributed by atoms with Crippen molar-refractivity contribution in [3.8, 4) is 22.3 Å². The first-order chi connectivity index (χ1) is 15.0. The molecule has 10 heteroatoms. The number of nitrogens with zero attached hydrogens (tertiary/aromatic N) is 3. The Morgan fingerprint density at radius 1 is 1.10 bits per heavy atom. The quantitative estimate of drug-likeness (QED) is 0.503. The smallest absolute Gasteiger partial charge is 0.350 e. The van der Waals surface area contributed by atoms with Gasteiger partial charge in [0.05, 0.1) is 19.9 Å². The molecule has 0 radical (unpaired) electrons. The Hall–Kier alpha value is -3.53. The molecule has 162 valence electrons. The lowest BCUT2D eigenvalue weighted by molar-refractivity contribution is -0.124. The molecule has 9 nitrogen and oxygen atoms in total. The number of hydrogen-bond donors (Lipinski definition) is 1. The van der Waals surface area contributed by atoms with Gasteiger partial charge in [0.25, 0.3) is 5.91 Å². The van der Waals surface area contributed by atoms with E-state index in [-0.39, 0.29) is 12.5 Å². The maximum absolute atomic E-state index is 12.3. The van der Waals surface area contributed by atoms with E-state index in [1.165, 1.54) is 0 Å². The summed E-state index contributed by atoms with van der Waals surface area (Å²) in [5.41, 5.74) is 1.48. The van der Waals surface area contributed by atoms with Crippen LogP contribution in [0, 0.1) is 6.92 Å². The van der Waals surface area contributed by atoms with Gasteiger partial charge in [-0.05, 0) is 37.1 Å². The van der Waals surface area contributed by atoms with Crippen molar-refractivity contribution in [1.29, 1.82) is 0 Å². The number of methoxy groups -OCH3 is 2. The van der Waals surface area contributed by atoms with Crippen LogP contribution >= 0.6 is 11.3 Å². The van der Waals surface area contributed by atoms with E-state index in [9.17, 15) is 9.59 Å². The normalized spacial score (nSPS) is 10.4. The van der Waals surface area contributed by atoms with Crippen LogP contribution in [0.1, 0.15) is 20.9 Å². The molecule has 2 aromatic heterocycles. The molecule has 0 aliphatic heterocycles. The molecule has 0 unspecified atom stereocenters. The summed E-state index contributed by atoms with van der Waals surface area (Å²) in [5, 5.41) is 3.25. The van der Waals surface area contributed by atoms with Crippen LogP contribution in [0.5, 0.6) is 11.5 Å². The molecule has 0 saturated heterocycles. The zero-order chi connectivity index (χ0) is 22.2. The maximum Gasteiger partial charge on any atom is 0.350 e. The molecule has 2 heterocycles. The Bertz CT molecular complexity index is 1060. The van der Waals surface area contributed by atoms with Crippen LogP contribution in [0.25, 0.3) is 10.8 Å². The van der Waals surface area contributed by atoms with Crippen molar-refractivity contribution in [3.63, 3.8) is 0 Å². The molecule has 0 aliphatic carbocycles. The Kier molecular flexibility index (Phi) is 7.50. The van der Waals surface area contributed by atoms with E-state index < -0.39 is 5.97 Å². The SMILES string of the molecule is COc1ccc(CCNC(=O)COC(=O)c2sc(-c3ncccn3)nc2C)cc1OC. The lowest BCUT2D eigenvalue weighted by atomic mass is 10.1. The molecule has 0 bridgehead atoms. The van der Waals surface area contributed by atoms with Gasteiger partial charge < -0.3 is 19.5 Å². The van der Waals surface area contributed by atoms with Gasteiger partial charge in [0.1, 0.15) is 4.88 Å². The van der Waals surface area contributed by atoms with Crippen molar-refractivity contribution >= 4 is 23.2 Å². The number of amides is 1. The van der Waals surface area contributed by atoms with Gasteiger partial charge in [-0.15, -0.1) is 11.3 Å². The molecule has 0 spiro atoms. The molecule has 3 rings (SSSR count). The fraction of sp³-hybridized carbons (Fsp3) is 0.286. The summed E-state index contributed by atoms with van der Waals surface area (Å²) in [6, 6.07) is 7.26. The summed E-state index contributed by atoms with van der Waals surface area (Å²) in [6.45, 7) is 1.71. The predicted octanol–water partition coefficient (Wildman–Crippen LogP) is 2.44. The van der Waals surface area contributed by atoms with Gasteiger partial charge in [0.15, 0.2) is 28.9 Å². The number of benzene rings is 1. The molecular formula is C21H22N4O5S. The molecule has 31 heavy (non-hydrogen) atoms. The highest BCUT2D eigenvalue weighted by atomic mass is 32.1. The van der Waals surface area contributed by atoms with Crippen LogP contribution in [0.2, 0.25) is 0 Å². The van der Waals surface area contributed by atoms with Crippen molar-refractivity contribution in [3.05, 3.63) is 52.8 Å². The van der Waals surface area contributed by atoms with E-state index in [1.54, 1.807) is 39.6 Å². The van der Waals surface area contributed by atoms with Crippen LogP contribution in [-0.2, 0) is 16.0 Å². The minimum absolute atomic E-state index is 0.320. The monoisotopic (exact) mass is 442 g/mol. The van der Waals surface area contributed by atoms with Crippen molar-refractivity contribution in [2.45, 2.75) is 13.3 Å². The summed E-state index contributed by atoms with van der Waals surface area (Å²) in [7, 11) is 3.14.